The average molecular weight is 338 g/mol. The third-order valence-electron chi connectivity index (χ3n) is 5.28. The monoisotopic (exact) mass is 338 g/mol. The Balaban J connectivity index is 1.72. The molecule has 0 aromatic carbocycles. The zero-order chi connectivity index (χ0) is 17.6. The first-order valence-electron chi connectivity index (χ1n) is 8.42. The van der Waals surface area contributed by atoms with Gasteiger partial charge in [-0.3, -0.25) is 19.3 Å². The number of nitrogens with one attached hydrogen (secondary N) is 1. The van der Waals surface area contributed by atoms with E-state index in [1.165, 1.54) is 6.92 Å². The number of hydrogen-bond acceptors (Lipinski definition) is 5. The molecule has 3 aliphatic rings. The number of carbonyl (C=O) groups excluding carboxylic acids is 3. The summed E-state index contributed by atoms with van der Waals surface area (Å²) in [6, 6.07) is -2.04. The number of carbonyl (C=O) groups is 4. The minimum Gasteiger partial charge on any atom is -0.480 e. The Kier molecular flexibility index (Phi) is 4.33. The third-order valence-corrected chi connectivity index (χ3v) is 5.28. The van der Waals surface area contributed by atoms with E-state index in [0.29, 0.717) is 12.8 Å². The standard InChI is InChI=1S/C16H22N2O6/c1-3-4-8(16(22)23)17-13(19)7(2)18-14(20)11-9-5-6-10(24-9)12(11)15(18)21/h7-12H,3-6H2,1-2H3,(H,17,19)(H,22,23). The molecule has 6 unspecified atom stereocenters. The van der Waals surface area contributed by atoms with Crippen LogP contribution < -0.4 is 5.32 Å². The van der Waals surface area contributed by atoms with E-state index in [-0.39, 0.29) is 24.0 Å². The second-order valence-corrected chi connectivity index (χ2v) is 6.75. The summed E-state index contributed by atoms with van der Waals surface area (Å²) in [5.41, 5.74) is 0. The molecule has 8 heteroatoms. The number of amides is 3. The summed E-state index contributed by atoms with van der Waals surface area (Å²) in [6.07, 6.45) is 1.94. The number of aliphatic carboxylic acids is 1. The number of hydrogen-bond donors (Lipinski definition) is 2. The van der Waals surface area contributed by atoms with Gasteiger partial charge in [0.05, 0.1) is 24.0 Å². The molecule has 0 aromatic heterocycles. The molecule has 3 heterocycles. The van der Waals surface area contributed by atoms with Gasteiger partial charge in [0.2, 0.25) is 17.7 Å². The van der Waals surface area contributed by atoms with Crippen molar-refractivity contribution >= 4 is 23.7 Å². The second-order valence-electron chi connectivity index (χ2n) is 6.75. The van der Waals surface area contributed by atoms with Gasteiger partial charge in [-0.25, -0.2) is 4.79 Å². The lowest BCUT2D eigenvalue weighted by Gasteiger charge is -2.25. The maximum Gasteiger partial charge on any atom is 0.326 e. The molecule has 0 aliphatic carbocycles. The van der Waals surface area contributed by atoms with Crippen LogP contribution in [0, 0.1) is 11.8 Å². The van der Waals surface area contributed by atoms with Crippen LogP contribution in [0.3, 0.4) is 0 Å². The SMILES string of the molecule is CCCC(NC(=O)C(C)N1C(=O)C2C3CCC(O3)C2C1=O)C(=O)O. The van der Waals surface area contributed by atoms with Crippen LogP contribution in [-0.4, -0.2) is 58.0 Å². The molecule has 6 atom stereocenters. The van der Waals surface area contributed by atoms with Gasteiger partial charge in [0.1, 0.15) is 12.1 Å². The highest BCUT2D eigenvalue weighted by molar-refractivity contribution is 6.09. The molecule has 0 saturated carbocycles. The summed E-state index contributed by atoms with van der Waals surface area (Å²) >= 11 is 0. The van der Waals surface area contributed by atoms with Crippen LogP contribution in [0.15, 0.2) is 0 Å². The molecular weight excluding hydrogens is 316 g/mol. The van der Waals surface area contributed by atoms with Gasteiger partial charge in [-0.2, -0.15) is 0 Å². The van der Waals surface area contributed by atoms with Gasteiger partial charge in [0, 0.05) is 0 Å². The smallest absolute Gasteiger partial charge is 0.326 e. The van der Waals surface area contributed by atoms with Crippen LogP contribution in [0.4, 0.5) is 0 Å². The number of rotatable bonds is 6. The summed E-state index contributed by atoms with van der Waals surface area (Å²) in [6.45, 7) is 3.27. The molecule has 0 aromatic rings. The second kappa shape index (κ2) is 6.16. The lowest BCUT2D eigenvalue weighted by atomic mass is 9.81. The molecule has 3 aliphatic heterocycles. The van der Waals surface area contributed by atoms with Gasteiger partial charge in [-0.1, -0.05) is 13.3 Å². The largest absolute Gasteiger partial charge is 0.480 e. The molecule has 0 radical (unpaired) electrons. The first kappa shape index (κ1) is 16.9. The van der Waals surface area contributed by atoms with Gasteiger partial charge in [-0.05, 0) is 26.2 Å². The Hall–Kier alpha value is -1.96. The van der Waals surface area contributed by atoms with E-state index in [1.807, 2.05) is 6.92 Å². The van der Waals surface area contributed by atoms with Crippen LogP contribution >= 0.6 is 0 Å². The predicted molar refractivity (Wildman–Crippen MR) is 80.7 cm³/mol. The fourth-order valence-electron chi connectivity index (χ4n) is 4.07. The Labute approximate surface area is 139 Å². The van der Waals surface area contributed by atoms with E-state index >= 15 is 0 Å². The van der Waals surface area contributed by atoms with Crippen molar-refractivity contribution in [3.05, 3.63) is 0 Å². The van der Waals surface area contributed by atoms with Gasteiger partial charge in [0.25, 0.3) is 0 Å². The number of nitrogens with zero attached hydrogens (tertiary/aromatic N) is 1. The first-order valence-corrected chi connectivity index (χ1v) is 8.42. The highest BCUT2D eigenvalue weighted by atomic mass is 16.5. The summed E-state index contributed by atoms with van der Waals surface area (Å²) < 4.78 is 5.65. The van der Waals surface area contributed by atoms with Gasteiger partial charge < -0.3 is 15.2 Å². The van der Waals surface area contributed by atoms with Gasteiger partial charge >= 0.3 is 5.97 Å². The molecule has 0 spiro atoms. The van der Waals surface area contributed by atoms with E-state index in [4.69, 9.17) is 9.84 Å². The molecule has 132 valence electrons. The Morgan fingerprint density at radius 3 is 2.25 bits per heavy atom. The van der Waals surface area contributed by atoms with Crippen LogP contribution in [0.1, 0.15) is 39.5 Å². The van der Waals surface area contributed by atoms with E-state index < -0.39 is 35.8 Å². The summed E-state index contributed by atoms with van der Waals surface area (Å²) in [4.78, 5) is 49.7. The maximum atomic E-state index is 12.6. The first-order chi connectivity index (χ1) is 11.4. The van der Waals surface area contributed by atoms with Crippen molar-refractivity contribution in [1.29, 1.82) is 0 Å². The molecule has 24 heavy (non-hydrogen) atoms. The van der Waals surface area contributed by atoms with Crippen molar-refractivity contribution in [3.63, 3.8) is 0 Å². The molecular formula is C16H22N2O6. The van der Waals surface area contributed by atoms with Crippen LogP contribution in [-0.2, 0) is 23.9 Å². The summed E-state index contributed by atoms with van der Waals surface area (Å²) in [5, 5.41) is 11.6. The predicted octanol–water partition coefficient (Wildman–Crippen LogP) is -0.0932. The van der Waals surface area contributed by atoms with Gasteiger partial charge in [0.15, 0.2) is 0 Å². The maximum absolute atomic E-state index is 12.6. The Morgan fingerprint density at radius 1 is 1.25 bits per heavy atom. The third kappa shape index (κ3) is 2.49. The van der Waals surface area contributed by atoms with E-state index in [9.17, 15) is 19.2 Å². The quantitative estimate of drug-likeness (QED) is 0.654. The molecule has 3 fully saturated rings. The van der Waals surface area contributed by atoms with Crippen molar-refractivity contribution in [1.82, 2.24) is 10.2 Å². The fourth-order valence-corrected chi connectivity index (χ4v) is 4.07. The minimum absolute atomic E-state index is 0.233. The average Bonchev–Trinajstić information content (AvgIpc) is 3.20. The van der Waals surface area contributed by atoms with Gasteiger partial charge in [-0.15, -0.1) is 0 Å². The Bertz CT molecular complexity index is 563. The van der Waals surface area contributed by atoms with E-state index in [0.717, 1.165) is 17.7 Å². The number of ether oxygens (including phenoxy) is 1. The van der Waals surface area contributed by atoms with E-state index in [2.05, 4.69) is 5.32 Å². The van der Waals surface area contributed by atoms with Crippen LogP contribution in [0.5, 0.6) is 0 Å². The molecule has 2 bridgehead atoms. The van der Waals surface area contributed by atoms with Crippen molar-refractivity contribution in [2.45, 2.75) is 63.8 Å². The molecule has 3 rings (SSSR count). The molecule has 2 N–H and O–H groups in total. The highest BCUT2D eigenvalue weighted by Crippen LogP contribution is 2.48. The highest BCUT2D eigenvalue weighted by Gasteiger charge is 2.63. The summed E-state index contributed by atoms with van der Waals surface area (Å²) in [7, 11) is 0. The van der Waals surface area contributed by atoms with Crippen LogP contribution in [0.2, 0.25) is 0 Å². The lowest BCUT2D eigenvalue weighted by molar-refractivity contribution is -0.150. The van der Waals surface area contributed by atoms with Crippen LogP contribution in [0.25, 0.3) is 0 Å². The number of carboxylic acid groups (broad SMARTS) is 1. The topological polar surface area (TPSA) is 113 Å². The Morgan fingerprint density at radius 2 is 1.79 bits per heavy atom. The van der Waals surface area contributed by atoms with Crippen molar-refractivity contribution < 1.29 is 29.0 Å². The van der Waals surface area contributed by atoms with Crippen molar-refractivity contribution in [2.75, 3.05) is 0 Å². The number of likely N-dealkylation sites (tertiary alicyclic amines) is 1. The van der Waals surface area contributed by atoms with Crippen molar-refractivity contribution in [3.8, 4) is 0 Å². The summed E-state index contributed by atoms with van der Waals surface area (Å²) in [5.74, 6) is -3.47. The zero-order valence-corrected chi connectivity index (χ0v) is 13.7. The lowest BCUT2D eigenvalue weighted by Crippen LogP contribution is -2.52. The number of carboxylic acids is 1. The molecule has 8 nitrogen and oxygen atoms in total. The van der Waals surface area contributed by atoms with Crippen molar-refractivity contribution in [2.24, 2.45) is 11.8 Å². The molecule has 3 amide bonds. The molecule has 3 saturated heterocycles. The number of fused-ring (bicyclic) bond motifs is 5. The fraction of sp³-hybridized carbons (Fsp3) is 0.750. The minimum atomic E-state index is -1.13. The van der Waals surface area contributed by atoms with E-state index in [1.54, 1.807) is 0 Å². The normalized spacial score (nSPS) is 33.5. The zero-order valence-electron chi connectivity index (χ0n) is 13.7. The number of imide groups is 1.